The molecule has 0 fully saturated rings. The van der Waals surface area contributed by atoms with E-state index in [2.05, 4.69) is 0 Å². The fourth-order valence-electron chi connectivity index (χ4n) is 2.80. The highest BCUT2D eigenvalue weighted by molar-refractivity contribution is 6.52. The molecule has 20 heavy (non-hydrogen) atoms. The number of rotatable bonds is 1. The normalized spacial score (nSPS) is 13.3. The van der Waals surface area contributed by atoms with Gasteiger partial charge in [-0.25, -0.2) is 4.79 Å². The number of Topliss-reactive ketones (excluding diaryl/α,β-unsaturated/α-hetero) is 2. The molecule has 6 nitrogen and oxygen atoms in total. The first-order valence-electron chi connectivity index (χ1n) is 5.92. The summed E-state index contributed by atoms with van der Waals surface area (Å²) in [6.07, 6.45) is 0. The standard InChI is InChI=1S/C14H11NO5/c1-4-6-5(2)8-11(17)10(16)7(4)9(15)13(19-3)12(6)20-14(8)18/h15H2,1-3H3. The van der Waals surface area contributed by atoms with Crippen molar-refractivity contribution in [3.8, 4) is 5.75 Å². The average Bonchev–Trinajstić information content (AvgIpc) is 2.39. The molecule has 2 N–H and O–H groups in total. The maximum atomic E-state index is 12.3. The van der Waals surface area contributed by atoms with Gasteiger partial charge < -0.3 is 14.9 Å². The monoisotopic (exact) mass is 273 g/mol. The molecule has 1 heterocycles. The largest absolute Gasteiger partial charge is 0.491 e. The van der Waals surface area contributed by atoms with E-state index in [4.69, 9.17) is 14.9 Å². The zero-order valence-corrected chi connectivity index (χ0v) is 11.1. The average molecular weight is 273 g/mol. The molecular formula is C14H11NO5. The predicted molar refractivity (Wildman–Crippen MR) is 71.6 cm³/mol. The molecule has 0 saturated heterocycles. The van der Waals surface area contributed by atoms with Crippen LogP contribution in [0.2, 0.25) is 0 Å². The number of anilines is 1. The van der Waals surface area contributed by atoms with E-state index in [0.29, 0.717) is 16.5 Å². The second-order valence-electron chi connectivity index (χ2n) is 4.70. The Hall–Kier alpha value is -2.63. The van der Waals surface area contributed by atoms with Crippen LogP contribution in [0, 0.1) is 13.8 Å². The topological polar surface area (TPSA) is 99.6 Å². The van der Waals surface area contributed by atoms with Gasteiger partial charge in [0.15, 0.2) is 11.3 Å². The molecule has 0 aliphatic heterocycles. The summed E-state index contributed by atoms with van der Waals surface area (Å²) >= 11 is 0. The molecule has 6 heteroatoms. The van der Waals surface area contributed by atoms with Gasteiger partial charge in [0.25, 0.3) is 0 Å². The first-order valence-corrected chi connectivity index (χ1v) is 5.92. The van der Waals surface area contributed by atoms with Gasteiger partial charge in [0.1, 0.15) is 5.56 Å². The third kappa shape index (κ3) is 1.20. The van der Waals surface area contributed by atoms with E-state index >= 15 is 0 Å². The van der Waals surface area contributed by atoms with Gasteiger partial charge >= 0.3 is 5.63 Å². The molecule has 3 bridgehead atoms. The second-order valence-corrected chi connectivity index (χ2v) is 4.70. The van der Waals surface area contributed by atoms with Crippen LogP contribution in [0.25, 0.3) is 11.0 Å². The lowest BCUT2D eigenvalue weighted by Gasteiger charge is -2.13. The van der Waals surface area contributed by atoms with Crippen molar-refractivity contribution < 1.29 is 18.7 Å². The molecule has 1 aliphatic rings. The molecule has 1 aromatic heterocycles. The van der Waals surface area contributed by atoms with Crippen LogP contribution in [0.15, 0.2) is 9.21 Å². The Morgan fingerprint density at radius 3 is 2.15 bits per heavy atom. The number of ketones is 2. The molecule has 0 spiro atoms. The Morgan fingerprint density at radius 2 is 1.55 bits per heavy atom. The minimum atomic E-state index is -0.892. The van der Waals surface area contributed by atoms with Gasteiger partial charge in [-0.2, -0.15) is 0 Å². The van der Waals surface area contributed by atoms with Crippen molar-refractivity contribution in [2.75, 3.05) is 12.8 Å². The van der Waals surface area contributed by atoms with Crippen molar-refractivity contribution in [2.45, 2.75) is 13.8 Å². The maximum Gasteiger partial charge on any atom is 0.348 e. The lowest BCUT2D eigenvalue weighted by atomic mass is 9.98. The number of hydrogen-bond acceptors (Lipinski definition) is 6. The molecule has 102 valence electrons. The molecule has 0 atom stereocenters. The molecule has 0 unspecified atom stereocenters. The molecule has 2 aromatic rings. The predicted octanol–water partition coefficient (Wildman–Crippen LogP) is 1.38. The highest BCUT2D eigenvalue weighted by Crippen LogP contribution is 2.41. The Morgan fingerprint density at radius 1 is 1.00 bits per heavy atom. The number of benzene rings is 1. The van der Waals surface area contributed by atoms with Crippen molar-refractivity contribution in [3.63, 3.8) is 0 Å². The fourth-order valence-corrected chi connectivity index (χ4v) is 2.80. The lowest BCUT2D eigenvalue weighted by molar-refractivity contribution is 0.0815. The summed E-state index contributed by atoms with van der Waals surface area (Å²) in [6, 6.07) is 0. The Bertz CT molecular complexity index is 876. The van der Waals surface area contributed by atoms with E-state index in [1.807, 2.05) is 0 Å². The van der Waals surface area contributed by atoms with Gasteiger partial charge in [-0.05, 0) is 25.0 Å². The van der Waals surface area contributed by atoms with Gasteiger partial charge in [-0.1, -0.05) is 0 Å². The minimum absolute atomic E-state index is 0.0193. The quantitative estimate of drug-likeness (QED) is 0.478. The van der Waals surface area contributed by atoms with Crippen LogP contribution in [0.5, 0.6) is 5.75 Å². The maximum absolute atomic E-state index is 12.3. The highest BCUT2D eigenvalue weighted by Gasteiger charge is 2.35. The number of nitrogen functional groups attached to an aromatic ring is 1. The van der Waals surface area contributed by atoms with Crippen LogP contribution in [-0.2, 0) is 0 Å². The number of methoxy groups -OCH3 is 1. The van der Waals surface area contributed by atoms with Crippen molar-refractivity contribution in [2.24, 2.45) is 0 Å². The zero-order chi connectivity index (χ0) is 14.8. The Balaban J connectivity index is 2.78. The number of fused-ring (bicyclic) bond motifs is 2. The van der Waals surface area contributed by atoms with Crippen LogP contribution in [0.1, 0.15) is 31.8 Å². The fraction of sp³-hybridized carbons (Fsp3) is 0.214. The van der Waals surface area contributed by atoms with Crippen molar-refractivity contribution in [1.29, 1.82) is 0 Å². The first kappa shape index (κ1) is 12.4. The Labute approximate surface area is 113 Å². The molecule has 3 rings (SSSR count). The van der Waals surface area contributed by atoms with Crippen molar-refractivity contribution in [1.82, 2.24) is 0 Å². The Kier molecular flexibility index (Phi) is 2.29. The summed E-state index contributed by atoms with van der Waals surface area (Å²) in [4.78, 5) is 36.4. The van der Waals surface area contributed by atoms with E-state index < -0.39 is 17.2 Å². The molecule has 0 radical (unpaired) electrons. The van der Waals surface area contributed by atoms with Crippen molar-refractivity contribution >= 4 is 28.2 Å². The van der Waals surface area contributed by atoms with E-state index in [1.54, 1.807) is 13.8 Å². The van der Waals surface area contributed by atoms with E-state index in [9.17, 15) is 14.4 Å². The number of carbonyl (C=O) groups excluding carboxylic acids is 2. The minimum Gasteiger partial charge on any atom is -0.491 e. The number of aryl methyl sites for hydroxylation is 2. The second kappa shape index (κ2) is 3.69. The third-order valence-corrected chi connectivity index (χ3v) is 3.71. The van der Waals surface area contributed by atoms with Crippen LogP contribution >= 0.6 is 0 Å². The van der Waals surface area contributed by atoms with E-state index in [0.717, 1.165) is 0 Å². The van der Waals surface area contributed by atoms with Crippen LogP contribution in [0.4, 0.5) is 5.69 Å². The number of carbonyl (C=O) groups is 2. The number of hydrogen-bond donors (Lipinski definition) is 1. The van der Waals surface area contributed by atoms with Crippen LogP contribution in [-0.4, -0.2) is 18.7 Å². The summed E-state index contributed by atoms with van der Waals surface area (Å²) in [7, 11) is 1.36. The van der Waals surface area contributed by atoms with Crippen molar-refractivity contribution in [3.05, 3.63) is 32.7 Å². The molecule has 1 aliphatic carbocycles. The van der Waals surface area contributed by atoms with Gasteiger partial charge in [-0.15, -0.1) is 0 Å². The SMILES string of the molecule is COc1c(N)c2c(C)c3c(C)c(c(=O)oc13)C(=O)C2=O. The number of nitrogens with two attached hydrogens (primary N) is 1. The first-order chi connectivity index (χ1) is 9.40. The van der Waals surface area contributed by atoms with E-state index in [1.165, 1.54) is 7.11 Å². The van der Waals surface area contributed by atoms with Gasteiger partial charge in [0, 0.05) is 5.39 Å². The lowest BCUT2D eigenvalue weighted by Crippen LogP contribution is -2.22. The van der Waals surface area contributed by atoms with Crippen LogP contribution in [0.3, 0.4) is 0 Å². The van der Waals surface area contributed by atoms with Crippen LogP contribution < -0.4 is 16.1 Å². The van der Waals surface area contributed by atoms with Gasteiger partial charge in [0.05, 0.1) is 18.4 Å². The number of ether oxygens (including phenoxy) is 1. The summed E-state index contributed by atoms with van der Waals surface area (Å²) in [6.45, 7) is 3.28. The molecular weight excluding hydrogens is 262 g/mol. The summed E-state index contributed by atoms with van der Waals surface area (Å²) in [5, 5.41) is 0.528. The van der Waals surface area contributed by atoms with Gasteiger partial charge in [0.2, 0.25) is 11.6 Å². The van der Waals surface area contributed by atoms with Gasteiger partial charge in [-0.3, -0.25) is 9.59 Å². The van der Waals surface area contributed by atoms with E-state index in [-0.39, 0.29) is 28.1 Å². The molecule has 0 saturated carbocycles. The molecule has 0 amide bonds. The third-order valence-electron chi connectivity index (χ3n) is 3.71. The smallest absolute Gasteiger partial charge is 0.348 e. The zero-order valence-electron chi connectivity index (χ0n) is 11.1. The highest BCUT2D eigenvalue weighted by atomic mass is 16.5. The summed E-state index contributed by atoms with van der Waals surface area (Å²) < 4.78 is 10.3. The summed E-state index contributed by atoms with van der Waals surface area (Å²) in [5.41, 5.74) is 6.04. The summed E-state index contributed by atoms with van der Waals surface area (Å²) in [5.74, 6) is -1.59. The molecule has 1 aromatic carbocycles.